The van der Waals surface area contributed by atoms with E-state index in [4.69, 9.17) is 9.47 Å². The van der Waals surface area contributed by atoms with Crippen LogP contribution >= 0.6 is 11.3 Å². The molecule has 0 amide bonds. The topological polar surface area (TPSA) is 134 Å². The lowest BCUT2D eigenvalue weighted by atomic mass is 10.1. The number of methoxy groups -OCH3 is 2. The molecule has 190 valence electrons. The third-order valence-corrected chi connectivity index (χ3v) is 8.40. The van der Waals surface area contributed by atoms with Crippen molar-refractivity contribution in [1.29, 1.82) is 0 Å². The van der Waals surface area contributed by atoms with Crippen molar-refractivity contribution in [3.05, 3.63) is 52.4 Å². The Kier molecular flexibility index (Phi) is 7.22. The molecule has 0 aliphatic carbocycles. The summed E-state index contributed by atoms with van der Waals surface area (Å²) < 4.78 is 42.3. The molecule has 1 aromatic carbocycles. The largest absolute Gasteiger partial charge is 0.494 e. The van der Waals surface area contributed by atoms with Gasteiger partial charge < -0.3 is 9.47 Å². The first-order chi connectivity index (χ1) is 17.2. The maximum absolute atomic E-state index is 13.5. The average molecular weight is 530 g/mol. The number of sulfonamides is 1. The molecule has 0 saturated heterocycles. The van der Waals surface area contributed by atoms with Gasteiger partial charge in [-0.15, -0.1) is 21.5 Å². The van der Waals surface area contributed by atoms with Crippen LogP contribution in [0.4, 0.5) is 5.95 Å². The summed E-state index contributed by atoms with van der Waals surface area (Å²) in [6.07, 6.45) is 3.33. The van der Waals surface area contributed by atoms with E-state index in [0.29, 0.717) is 34.5 Å². The molecule has 0 spiro atoms. The van der Waals surface area contributed by atoms with Crippen LogP contribution < -0.4 is 14.2 Å². The Labute approximate surface area is 213 Å². The Bertz CT molecular complexity index is 1440. The SMILES string of the molecule is COc1cccc(OC)c1-n1c(NS(=O)(=O)[C@@H](C)[C@H](C)c2ncc(C)cn2)nnc1-c1csc(C)n1. The van der Waals surface area contributed by atoms with Crippen LogP contribution in [0.2, 0.25) is 0 Å². The fourth-order valence-electron chi connectivity index (χ4n) is 3.58. The molecule has 0 radical (unpaired) electrons. The lowest BCUT2D eigenvalue weighted by Gasteiger charge is -2.21. The highest BCUT2D eigenvalue weighted by molar-refractivity contribution is 7.93. The molecule has 2 atom stereocenters. The van der Waals surface area contributed by atoms with Gasteiger partial charge in [0.1, 0.15) is 28.7 Å². The lowest BCUT2D eigenvalue weighted by Crippen LogP contribution is -2.31. The van der Waals surface area contributed by atoms with E-state index in [1.807, 2.05) is 19.2 Å². The number of benzene rings is 1. The van der Waals surface area contributed by atoms with Crippen LogP contribution in [0, 0.1) is 13.8 Å². The monoisotopic (exact) mass is 529 g/mol. The van der Waals surface area contributed by atoms with Gasteiger partial charge in [-0.2, -0.15) is 0 Å². The van der Waals surface area contributed by atoms with Crippen LogP contribution in [-0.4, -0.2) is 57.6 Å². The molecular weight excluding hydrogens is 502 g/mol. The molecule has 0 fully saturated rings. The van der Waals surface area contributed by atoms with Gasteiger partial charge in [-0.05, 0) is 38.5 Å². The number of hydrogen-bond donors (Lipinski definition) is 1. The minimum absolute atomic E-state index is 0.0256. The van der Waals surface area contributed by atoms with Gasteiger partial charge in [0, 0.05) is 23.7 Å². The van der Waals surface area contributed by atoms with Crippen LogP contribution in [-0.2, 0) is 10.0 Å². The fraction of sp³-hybridized carbons (Fsp3) is 0.348. The number of hydrogen-bond acceptors (Lipinski definition) is 10. The maximum Gasteiger partial charge on any atom is 0.243 e. The summed E-state index contributed by atoms with van der Waals surface area (Å²) in [5.74, 6) is 1.14. The van der Waals surface area contributed by atoms with Crippen LogP contribution in [0.25, 0.3) is 17.2 Å². The van der Waals surface area contributed by atoms with Gasteiger partial charge in [0.25, 0.3) is 0 Å². The molecule has 1 N–H and O–H groups in total. The first-order valence-corrected chi connectivity index (χ1v) is 13.5. The second-order valence-electron chi connectivity index (χ2n) is 8.21. The molecule has 3 heterocycles. The predicted octanol–water partition coefficient (Wildman–Crippen LogP) is 3.75. The van der Waals surface area contributed by atoms with Gasteiger partial charge in [0.05, 0.1) is 24.5 Å². The van der Waals surface area contributed by atoms with Crippen LogP contribution in [0.5, 0.6) is 11.5 Å². The van der Waals surface area contributed by atoms with Gasteiger partial charge in [-0.3, -0.25) is 9.29 Å². The molecule has 3 aromatic heterocycles. The van der Waals surface area contributed by atoms with Gasteiger partial charge in [0.15, 0.2) is 5.82 Å². The second kappa shape index (κ2) is 10.2. The first kappa shape index (κ1) is 25.5. The van der Waals surface area contributed by atoms with Crippen LogP contribution in [0.3, 0.4) is 0 Å². The van der Waals surface area contributed by atoms with Crippen molar-refractivity contribution in [2.24, 2.45) is 0 Å². The van der Waals surface area contributed by atoms with E-state index in [1.165, 1.54) is 25.6 Å². The number of thiazole rings is 1. The van der Waals surface area contributed by atoms with Crippen LogP contribution in [0.15, 0.2) is 36.0 Å². The van der Waals surface area contributed by atoms with Crippen molar-refractivity contribution in [1.82, 2.24) is 29.7 Å². The molecular formula is C23H27N7O4S2. The number of aromatic nitrogens is 6. The number of aryl methyl sites for hydroxylation is 2. The smallest absolute Gasteiger partial charge is 0.243 e. The highest BCUT2D eigenvalue weighted by Gasteiger charge is 2.32. The van der Waals surface area contributed by atoms with Crippen molar-refractivity contribution in [3.63, 3.8) is 0 Å². The van der Waals surface area contributed by atoms with E-state index in [0.717, 1.165) is 10.6 Å². The zero-order chi connectivity index (χ0) is 26.0. The Morgan fingerprint density at radius 3 is 2.22 bits per heavy atom. The summed E-state index contributed by atoms with van der Waals surface area (Å²) >= 11 is 1.45. The average Bonchev–Trinajstić information content (AvgIpc) is 3.48. The predicted molar refractivity (Wildman–Crippen MR) is 137 cm³/mol. The van der Waals surface area contributed by atoms with E-state index in [1.54, 1.807) is 49.0 Å². The Morgan fingerprint density at radius 2 is 1.67 bits per heavy atom. The molecule has 0 unspecified atom stereocenters. The third kappa shape index (κ3) is 4.88. The molecule has 13 heteroatoms. The van der Waals surface area contributed by atoms with E-state index >= 15 is 0 Å². The number of nitrogens with zero attached hydrogens (tertiary/aromatic N) is 6. The zero-order valence-electron chi connectivity index (χ0n) is 20.8. The summed E-state index contributed by atoms with van der Waals surface area (Å²) in [5, 5.41) is 10.2. The van der Waals surface area contributed by atoms with E-state index in [9.17, 15) is 8.42 Å². The second-order valence-corrected chi connectivity index (χ2v) is 11.3. The molecule has 4 aromatic rings. The zero-order valence-corrected chi connectivity index (χ0v) is 22.4. The first-order valence-electron chi connectivity index (χ1n) is 11.1. The van der Waals surface area contributed by atoms with Crippen molar-refractivity contribution < 1.29 is 17.9 Å². The van der Waals surface area contributed by atoms with Crippen molar-refractivity contribution >= 4 is 27.3 Å². The standard InChI is InChI=1S/C23H27N7O4S2/c1-13-10-24-21(25-11-13)14(2)15(3)36(31,32)29-23-28-27-22(17-12-35-16(4)26-17)30(23)20-18(33-5)8-7-9-19(20)34-6/h7-12,14-15H,1-6H3,(H,28,29)/t14-,15-/m0/s1. The molecule has 36 heavy (non-hydrogen) atoms. The van der Waals surface area contributed by atoms with Crippen LogP contribution in [0.1, 0.15) is 36.2 Å². The van der Waals surface area contributed by atoms with Crippen molar-refractivity contribution in [2.45, 2.75) is 38.9 Å². The van der Waals surface area contributed by atoms with Gasteiger partial charge in [-0.1, -0.05) is 13.0 Å². The lowest BCUT2D eigenvalue weighted by molar-refractivity contribution is 0.391. The number of para-hydroxylation sites is 1. The van der Waals surface area contributed by atoms with Gasteiger partial charge in [-0.25, -0.2) is 23.4 Å². The third-order valence-electron chi connectivity index (χ3n) is 5.77. The summed E-state index contributed by atoms with van der Waals surface area (Å²) in [7, 11) is -0.920. The Balaban J connectivity index is 1.81. The number of rotatable bonds is 9. The molecule has 11 nitrogen and oxygen atoms in total. The molecule has 0 aliphatic heterocycles. The maximum atomic E-state index is 13.5. The van der Waals surface area contributed by atoms with Gasteiger partial charge in [0.2, 0.25) is 16.0 Å². The highest BCUT2D eigenvalue weighted by Crippen LogP contribution is 2.38. The van der Waals surface area contributed by atoms with E-state index in [-0.39, 0.29) is 5.95 Å². The number of ether oxygens (including phenoxy) is 2. The van der Waals surface area contributed by atoms with E-state index < -0.39 is 21.2 Å². The molecule has 4 rings (SSSR count). The summed E-state index contributed by atoms with van der Waals surface area (Å²) in [6.45, 7) is 7.12. The summed E-state index contributed by atoms with van der Waals surface area (Å²) in [5.41, 5.74) is 1.87. The Hall–Kier alpha value is -3.58. The minimum Gasteiger partial charge on any atom is -0.494 e. The molecule has 0 bridgehead atoms. The normalized spacial score (nSPS) is 13.3. The molecule has 0 aliphatic rings. The summed E-state index contributed by atoms with van der Waals surface area (Å²) in [6, 6.07) is 5.25. The van der Waals surface area contributed by atoms with Gasteiger partial charge >= 0.3 is 0 Å². The minimum atomic E-state index is -3.96. The molecule has 0 saturated carbocycles. The highest BCUT2D eigenvalue weighted by atomic mass is 32.2. The fourth-order valence-corrected chi connectivity index (χ4v) is 5.41. The quantitative estimate of drug-likeness (QED) is 0.344. The van der Waals surface area contributed by atoms with E-state index in [2.05, 4.69) is 29.9 Å². The Morgan fingerprint density at radius 1 is 1.03 bits per heavy atom. The number of anilines is 1. The number of nitrogens with one attached hydrogen (secondary N) is 1. The van der Waals surface area contributed by atoms with Crippen molar-refractivity contribution in [3.8, 4) is 28.7 Å². The van der Waals surface area contributed by atoms with Crippen molar-refractivity contribution in [2.75, 3.05) is 18.9 Å². The summed E-state index contributed by atoms with van der Waals surface area (Å²) in [4.78, 5) is 13.1.